The van der Waals surface area contributed by atoms with Crippen LogP contribution in [0.5, 0.6) is 0 Å². The number of aliphatic hydroxyl groups excluding tert-OH is 2. The van der Waals surface area contributed by atoms with Gasteiger partial charge in [-0.05, 0) is 77.0 Å². The van der Waals surface area contributed by atoms with E-state index < -0.39 is 6.10 Å². The summed E-state index contributed by atoms with van der Waals surface area (Å²) in [6, 6.07) is 9.53. The zero-order chi connectivity index (χ0) is 24.0. The van der Waals surface area contributed by atoms with Crippen LogP contribution in [0.15, 0.2) is 48.1 Å². The summed E-state index contributed by atoms with van der Waals surface area (Å²) in [6.07, 6.45) is 9.46. The Kier molecular flexibility index (Phi) is 10.1. The molecular formula is C29H45NO2S. The molecule has 1 fully saturated rings. The van der Waals surface area contributed by atoms with E-state index in [4.69, 9.17) is 0 Å². The lowest BCUT2D eigenvalue weighted by Gasteiger charge is -2.30. The van der Waals surface area contributed by atoms with Crippen LogP contribution in [0.4, 0.5) is 0 Å². The van der Waals surface area contributed by atoms with Crippen molar-refractivity contribution >= 4 is 11.8 Å². The lowest BCUT2D eigenvalue weighted by molar-refractivity contribution is 0.140. The first-order chi connectivity index (χ1) is 15.7. The van der Waals surface area contributed by atoms with Gasteiger partial charge in [-0.3, -0.25) is 4.90 Å². The van der Waals surface area contributed by atoms with Crippen molar-refractivity contribution in [3.05, 3.63) is 59.2 Å². The highest BCUT2D eigenvalue weighted by atomic mass is 32.2. The first kappa shape index (κ1) is 26.5. The van der Waals surface area contributed by atoms with Crippen LogP contribution in [-0.2, 0) is 6.42 Å². The van der Waals surface area contributed by atoms with Gasteiger partial charge in [-0.1, -0.05) is 53.6 Å². The quantitative estimate of drug-likeness (QED) is 0.306. The van der Waals surface area contributed by atoms with Crippen molar-refractivity contribution in [2.75, 3.05) is 18.1 Å². The number of hydrogen-bond acceptors (Lipinski definition) is 4. The topological polar surface area (TPSA) is 43.7 Å². The maximum absolute atomic E-state index is 10.6. The predicted molar refractivity (Wildman–Crippen MR) is 143 cm³/mol. The number of fused-ring (bicyclic) bond motifs is 1. The second-order valence-corrected chi connectivity index (χ2v) is 11.9. The van der Waals surface area contributed by atoms with Crippen molar-refractivity contribution in [2.24, 2.45) is 17.8 Å². The minimum atomic E-state index is -0.500. The summed E-state index contributed by atoms with van der Waals surface area (Å²) in [4.78, 5) is 2.57. The summed E-state index contributed by atoms with van der Waals surface area (Å²) < 4.78 is 0. The van der Waals surface area contributed by atoms with E-state index in [9.17, 15) is 10.2 Å². The van der Waals surface area contributed by atoms with Gasteiger partial charge in [0.1, 0.15) is 0 Å². The summed E-state index contributed by atoms with van der Waals surface area (Å²) in [7, 11) is 0. The van der Waals surface area contributed by atoms with E-state index in [0.29, 0.717) is 30.3 Å². The van der Waals surface area contributed by atoms with Gasteiger partial charge < -0.3 is 10.2 Å². The molecule has 33 heavy (non-hydrogen) atoms. The Morgan fingerprint density at radius 1 is 1.15 bits per heavy atom. The first-order valence-electron chi connectivity index (χ1n) is 12.9. The van der Waals surface area contributed by atoms with Crippen molar-refractivity contribution in [3.63, 3.8) is 0 Å². The third kappa shape index (κ3) is 7.71. The lowest BCUT2D eigenvalue weighted by Crippen LogP contribution is -2.38. The Labute approximate surface area is 206 Å². The summed E-state index contributed by atoms with van der Waals surface area (Å²) >= 11 is 2.07. The number of nitrogens with zero attached hydrogens (tertiary/aromatic N) is 1. The SMILES string of the molecule is Cc1cccc(C[C@@H](O)C=C[C@@H]2[C@H]3CC(CCSCCN(C(C)C)C(C)C)=C[C@H]3C[C@H]2O)c1. The van der Waals surface area contributed by atoms with Gasteiger partial charge >= 0.3 is 0 Å². The minimum absolute atomic E-state index is 0.161. The highest BCUT2D eigenvalue weighted by molar-refractivity contribution is 7.99. The highest BCUT2D eigenvalue weighted by Gasteiger charge is 2.43. The van der Waals surface area contributed by atoms with E-state index >= 15 is 0 Å². The first-order valence-corrected chi connectivity index (χ1v) is 14.0. The van der Waals surface area contributed by atoms with E-state index in [1.165, 1.54) is 23.5 Å². The fourth-order valence-corrected chi connectivity index (χ4v) is 6.73. The molecule has 0 spiro atoms. The molecule has 1 saturated carbocycles. The van der Waals surface area contributed by atoms with Gasteiger partial charge in [0.15, 0.2) is 0 Å². The second kappa shape index (κ2) is 12.6. The van der Waals surface area contributed by atoms with Crippen LogP contribution in [0, 0.1) is 24.7 Å². The van der Waals surface area contributed by atoms with Crippen molar-refractivity contribution in [3.8, 4) is 0 Å². The summed E-state index contributed by atoms with van der Waals surface area (Å²) in [5, 5.41) is 21.2. The number of benzene rings is 1. The summed E-state index contributed by atoms with van der Waals surface area (Å²) in [6.45, 7) is 12.4. The molecule has 3 nitrogen and oxygen atoms in total. The molecule has 0 heterocycles. The molecule has 2 N–H and O–H groups in total. The zero-order valence-corrected chi connectivity index (χ0v) is 22.1. The second-order valence-electron chi connectivity index (χ2n) is 10.7. The van der Waals surface area contributed by atoms with Crippen LogP contribution in [0.2, 0.25) is 0 Å². The monoisotopic (exact) mass is 471 g/mol. The highest BCUT2D eigenvalue weighted by Crippen LogP contribution is 2.48. The van der Waals surface area contributed by atoms with Crippen LogP contribution < -0.4 is 0 Å². The van der Waals surface area contributed by atoms with Gasteiger partial charge in [0.25, 0.3) is 0 Å². The van der Waals surface area contributed by atoms with Crippen LogP contribution in [0.1, 0.15) is 58.1 Å². The third-order valence-corrected chi connectivity index (χ3v) is 8.38. The van der Waals surface area contributed by atoms with Crippen LogP contribution in [0.25, 0.3) is 0 Å². The predicted octanol–water partition coefficient (Wildman–Crippen LogP) is 5.64. The van der Waals surface area contributed by atoms with Crippen LogP contribution in [-0.4, -0.2) is 57.5 Å². The number of rotatable bonds is 12. The molecule has 2 aliphatic rings. The fourth-order valence-electron chi connectivity index (χ4n) is 5.78. The Bertz CT molecular complexity index is 795. The molecule has 0 aliphatic heterocycles. The summed E-state index contributed by atoms with van der Waals surface area (Å²) in [5.74, 6) is 3.54. The molecular weight excluding hydrogens is 426 g/mol. The van der Waals surface area contributed by atoms with Gasteiger partial charge in [-0.25, -0.2) is 0 Å². The van der Waals surface area contributed by atoms with Gasteiger partial charge in [-0.2, -0.15) is 11.8 Å². The van der Waals surface area contributed by atoms with Gasteiger partial charge in [-0.15, -0.1) is 0 Å². The standard InChI is InChI=1S/C29H45NO2S/c1-20(2)30(21(3)4)12-14-33-13-11-24-16-25-19-29(32)27(28(25)18-24)10-9-26(31)17-23-8-6-7-22(5)15-23/h6-10,15-16,20-21,25-29,31-32H,11-14,17-19H2,1-5H3/t25-,26-,27+,28-,29+/m0/s1. The van der Waals surface area contributed by atoms with Gasteiger partial charge in [0.2, 0.25) is 0 Å². The molecule has 0 unspecified atom stereocenters. The Morgan fingerprint density at radius 3 is 2.61 bits per heavy atom. The van der Waals surface area contributed by atoms with E-state index in [1.54, 1.807) is 5.57 Å². The average Bonchev–Trinajstić information content (AvgIpc) is 3.24. The molecule has 0 saturated heterocycles. The number of aliphatic hydroxyl groups is 2. The van der Waals surface area contributed by atoms with Crippen molar-refractivity contribution < 1.29 is 10.2 Å². The van der Waals surface area contributed by atoms with E-state index in [2.05, 4.69) is 81.6 Å². The van der Waals surface area contributed by atoms with Crippen molar-refractivity contribution in [2.45, 2.75) is 84.6 Å². The lowest BCUT2D eigenvalue weighted by atomic mass is 9.88. The molecule has 184 valence electrons. The van der Waals surface area contributed by atoms with Crippen LogP contribution >= 0.6 is 11.8 Å². The molecule has 1 aromatic carbocycles. The largest absolute Gasteiger partial charge is 0.392 e. The Morgan fingerprint density at radius 2 is 1.91 bits per heavy atom. The van der Waals surface area contributed by atoms with E-state index in [0.717, 1.165) is 24.9 Å². The molecule has 2 aliphatic carbocycles. The summed E-state index contributed by atoms with van der Waals surface area (Å²) in [5.41, 5.74) is 3.95. The maximum atomic E-state index is 10.6. The smallest absolute Gasteiger partial charge is 0.0761 e. The molecule has 3 rings (SSSR count). The van der Waals surface area contributed by atoms with Crippen molar-refractivity contribution in [1.29, 1.82) is 0 Å². The van der Waals surface area contributed by atoms with Crippen molar-refractivity contribution in [1.82, 2.24) is 4.90 Å². The van der Waals surface area contributed by atoms with Crippen LogP contribution in [0.3, 0.4) is 0 Å². The molecule has 5 atom stereocenters. The molecule has 0 aromatic heterocycles. The third-order valence-electron chi connectivity index (χ3n) is 7.42. The number of allylic oxidation sites excluding steroid dienone is 2. The normalized spacial score (nSPS) is 26.1. The number of aryl methyl sites for hydroxylation is 1. The number of hydrogen-bond donors (Lipinski definition) is 2. The van der Waals surface area contributed by atoms with Gasteiger partial charge in [0, 0.05) is 36.7 Å². The van der Waals surface area contributed by atoms with E-state index in [1.807, 2.05) is 12.1 Å². The maximum Gasteiger partial charge on any atom is 0.0761 e. The fraction of sp³-hybridized carbons (Fsp3) is 0.655. The van der Waals surface area contributed by atoms with E-state index in [-0.39, 0.29) is 12.0 Å². The molecule has 4 heteroatoms. The molecule has 1 aromatic rings. The molecule has 0 bridgehead atoms. The Hall–Kier alpha value is -1.07. The number of thioether (sulfide) groups is 1. The molecule has 0 radical (unpaired) electrons. The van der Waals surface area contributed by atoms with Gasteiger partial charge in [0.05, 0.1) is 12.2 Å². The zero-order valence-electron chi connectivity index (χ0n) is 21.3. The average molecular weight is 472 g/mol. The Balaban J connectivity index is 1.43. The molecule has 0 amide bonds. The minimum Gasteiger partial charge on any atom is -0.392 e.